The number of aliphatic hydroxyl groups is 1. The Bertz CT molecular complexity index is 595. The van der Waals surface area contributed by atoms with Gasteiger partial charge in [-0.05, 0) is 42.7 Å². The van der Waals surface area contributed by atoms with Gasteiger partial charge in [-0.1, -0.05) is 41.4 Å². The van der Waals surface area contributed by atoms with E-state index in [2.05, 4.69) is 6.07 Å². The third-order valence-corrected chi connectivity index (χ3v) is 3.54. The molecule has 0 amide bonds. The number of hydrogen-bond acceptors (Lipinski definition) is 1. The molecule has 0 fully saturated rings. The first-order valence-electron chi connectivity index (χ1n) is 6.16. The Balaban J connectivity index is 2.22. The van der Waals surface area contributed by atoms with E-state index in [4.69, 9.17) is 11.6 Å². The predicted octanol–water partition coefficient (Wildman–Crippen LogP) is 4.37. The van der Waals surface area contributed by atoms with Gasteiger partial charge in [-0.3, -0.25) is 0 Å². The molecule has 0 aromatic heterocycles. The maximum Gasteiger partial charge on any atom is 0.141 e. The molecule has 1 atom stereocenters. The summed E-state index contributed by atoms with van der Waals surface area (Å²) in [7, 11) is 0. The van der Waals surface area contributed by atoms with Gasteiger partial charge in [0.25, 0.3) is 0 Å². The molecular weight excluding hydrogens is 263 g/mol. The first-order chi connectivity index (χ1) is 8.97. The molecule has 1 unspecified atom stereocenters. The van der Waals surface area contributed by atoms with Crippen LogP contribution in [-0.2, 0) is 6.42 Å². The van der Waals surface area contributed by atoms with Crippen molar-refractivity contribution < 1.29 is 9.50 Å². The van der Waals surface area contributed by atoms with Gasteiger partial charge < -0.3 is 5.11 Å². The average Bonchev–Trinajstić information content (AvgIpc) is 2.37. The summed E-state index contributed by atoms with van der Waals surface area (Å²) in [5.74, 6) is -0.468. The maximum absolute atomic E-state index is 13.1. The zero-order valence-electron chi connectivity index (χ0n) is 11.0. The van der Waals surface area contributed by atoms with Gasteiger partial charge >= 0.3 is 0 Å². The lowest BCUT2D eigenvalue weighted by Gasteiger charge is -2.14. The molecule has 0 saturated carbocycles. The van der Waals surface area contributed by atoms with Crippen LogP contribution < -0.4 is 0 Å². The highest BCUT2D eigenvalue weighted by molar-refractivity contribution is 6.30. The van der Waals surface area contributed by atoms with Crippen LogP contribution in [0.1, 0.15) is 28.4 Å². The molecule has 3 heteroatoms. The highest BCUT2D eigenvalue weighted by Crippen LogP contribution is 2.24. The Morgan fingerprint density at radius 3 is 2.58 bits per heavy atom. The number of aliphatic hydroxyl groups excluding tert-OH is 1. The molecule has 2 rings (SSSR count). The van der Waals surface area contributed by atoms with Crippen LogP contribution in [0.3, 0.4) is 0 Å². The van der Waals surface area contributed by atoms with Crippen LogP contribution in [-0.4, -0.2) is 5.11 Å². The van der Waals surface area contributed by atoms with E-state index in [0.29, 0.717) is 12.0 Å². The monoisotopic (exact) mass is 278 g/mol. The number of hydrogen-bond donors (Lipinski definition) is 1. The maximum atomic E-state index is 13.1. The quantitative estimate of drug-likeness (QED) is 0.884. The van der Waals surface area contributed by atoms with Crippen LogP contribution in [0.25, 0.3) is 0 Å². The number of halogens is 2. The van der Waals surface area contributed by atoms with Crippen molar-refractivity contribution in [1.29, 1.82) is 0 Å². The van der Waals surface area contributed by atoms with Gasteiger partial charge in [0.1, 0.15) is 5.82 Å². The Kier molecular flexibility index (Phi) is 4.23. The summed E-state index contributed by atoms with van der Waals surface area (Å²) in [4.78, 5) is 0. The zero-order valence-corrected chi connectivity index (χ0v) is 11.7. The van der Waals surface area contributed by atoms with Crippen molar-refractivity contribution in [2.24, 2.45) is 0 Å². The Labute approximate surface area is 117 Å². The Morgan fingerprint density at radius 1 is 1.16 bits per heavy atom. The van der Waals surface area contributed by atoms with E-state index < -0.39 is 11.9 Å². The smallest absolute Gasteiger partial charge is 0.141 e. The molecule has 2 aromatic rings. The first kappa shape index (κ1) is 14.0. The van der Waals surface area contributed by atoms with Crippen molar-refractivity contribution in [3.8, 4) is 0 Å². The highest BCUT2D eigenvalue weighted by Gasteiger charge is 2.12. The van der Waals surface area contributed by atoms with Gasteiger partial charge in [-0.15, -0.1) is 0 Å². The van der Waals surface area contributed by atoms with E-state index in [1.54, 1.807) is 6.07 Å². The number of benzene rings is 2. The standard InChI is InChI=1S/C16H16ClFO/c1-10-3-4-11(2)13(7-10)9-16(19)12-5-6-15(18)14(17)8-12/h3-8,16,19H,9H2,1-2H3. The van der Waals surface area contributed by atoms with Crippen LogP contribution in [0.4, 0.5) is 4.39 Å². The lowest BCUT2D eigenvalue weighted by Crippen LogP contribution is -2.04. The summed E-state index contributed by atoms with van der Waals surface area (Å²) in [6.45, 7) is 4.03. The molecule has 0 aliphatic carbocycles. The Morgan fingerprint density at radius 2 is 1.89 bits per heavy atom. The predicted molar refractivity (Wildman–Crippen MR) is 76.0 cm³/mol. The third-order valence-electron chi connectivity index (χ3n) is 3.25. The number of aryl methyl sites for hydroxylation is 2. The van der Waals surface area contributed by atoms with E-state index in [1.807, 2.05) is 26.0 Å². The van der Waals surface area contributed by atoms with Crippen LogP contribution in [0.2, 0.25) is 5.02 Å². The van der Waals surface area contributed by atoms with Crippen LogP contribution >= 0.6 is 11.6 Å². The molecular formula is C16H16ClFO. The number of rotatable bonds is 3. The molecule has 0 aliphatic rings. The molecule has 2 aromatic carbocycles. The first-order valence-corrected chi connectivity index (χ1v) is 6.54. The van der Waals surface area contributed by atoms with Crippen molar-refractivity contribution >= 4 is 11.6 Å². The summed E-state index contributed by atoms with van der Waals surface area (Å²) in [5.41, 5.74) is 4.02. The molecule has 100 valence electrons. The van der Waals surface area contributed by atoms with Gasteiger partial charge in [0, 0.05) is 6.42 Å². The fraction of sp³-hybridized carbons (Fsp3) is 0.250. The van der Waals surface area contributed by atoms with Gasteiger partial charge in [0.15, 0.2) is 0 Å². The van der Waals surface area contributed by atoms with E-state index in [-0.39, 0.29) is 5.02 Å². The molecule has 0 saturated heterocycles. The van der Waals surface area contributed by atoms with Crippen molar-refractivity contribution in [3.63, 3.8) is 0 Å². The van der Waals surface area contributed by atoms with E-state index in [0.717, 1.165) is 16.7 Å². The molecule has 0 bridgehead atoms. The molecule has 0 heterocycles. The summed E-state index contributed by atoms with van der Waals surface area (Å²) >= 11 is 5.73. The van der Waals surface area contributed by atoms with Crippen molar-refractivity contribution in [3.05, 3.63) is 69.5 Å². The molecule has 1 N–H and O–H groups in total. The lowest BCUT2D eigenvalue weighted by atomic mass is 9.97. The lowest BCUT2D eigenvalue weighted by molar-refractivity contribution is 0.178. The van der Waals surface area contributed by atoms with Crippen molar-refractivity contribution in [2.75, 3.05) is 0 Å². The van der Waals surface area contributed by atoms with E-state index >= 15 is 0 Å². The molecule has 0 aliphatic heterocycles. The normalized spacial score (nSPS) is 12.5. The average molecular weight is 279 g/mol. The second kappa shape index (κ2) is 5.72. The fourth-order valence-electron chi connectivity index (χ4n) is 2.07. The fourth-order valence-corrected chi connectivity index (χ4v) is 2.25. The zero-order chi connectivity index (χ0) is 14.0. The van der Waals surface area contributed by atoms with E-state index in [9.17, 15) is 9.50 Å². The molecule has 1 nitrogen and oxygen atoms in total. The van der Waals surface area contributed by atoms with Crippen LogP contribution in [0.5, 0.6) is 0 Å². The molecule has 19 heavy (non-hydrogen) atoms. The second-order valence-corrected chi connectivity index (χ2v) is 5.23. The van der Waals surface area contributed by atoms with Gasteiger partial charge in [-0.2, -0.15) is 0 Å². The van der Waals surface area contributed by atoms with Crippen LogP contribution in [0, 0.1) is 19.7 Å². The summed E-state index contributed by atoms with van der Waals surface area (Å²) in [6, 6.07) is 10.5. The van der Waals surface area contributed by atoms with Gasteiger partial charge in [0.2, 0.25) is 0 Å². The van der Waals surface area contributed by atoms with Crippen molar-refractivity contribution in [1.82, 2.24) is 0 Å². The van der Waals surface area contributed by atoms with E-state index in [1.165, 1.54) is 12.1 Å². The molecule has 0 radical (unpaired) electrons. The minimum absolute atomic E-state index is 0.0394. The van der Waals surface area contributed by atoms with Gasteiger partial charge in [-0.25, -0.2) is 4.39 Å². The Hall–Kier alpha value is -1.38. The third kappa shape index (κ3) is 3.34. The largest absolute Gasteiger partial charge is 0.388 e. The second-order valence-electron chi connectivity index (χ2n) is 4.82. The topological polar surface area (TPSA) is 20.2 Å². The summed E-state index contributed by atoms with van der Waals surface area (Å²) < 4.78 is 13.1. The SMILES string of the molecule is Cc1ccc(C)c(CC(O)c2ccc(F)c(Cl)c2)c1. The van der Waals surface area contributed by atoms with Crippen LogP contribution in [0.15, 0.2) is 36.4 Å². The minimum atomic E-state index is -0.682. The minimum Gasteiger partial charge on any atom is -0.388 e. The highest BCUT2D eigenvalue weighted by atomic mass is 35.5. The van der Waals surface area contributed by atoms with Crippen molar-refractivity contribution in [2.45, 2.75) is 26.4 Å². The molecule has 0 spiro atoms. The summed E-state index contributed by atoms with van der Waals surface area (Å²) in [5, 5.41) is 10.3. The summed E-state index contributed by atoms with van der Waals surface area (Å²) in [6.07, 6.45) is -0.186. The van der Waals surface area contributed by atoms with Gasteiger partial charge in [0.05, 0.1) is 11.1 Å².